The molecule has 0 aliphatic heterocycles. The molecule has 0 spiro atoms. The highest BCUT2D eigenvalue weighted by Crippen LogP contribution is 2.28. The molecule has 4 rings (SSSR count). The Kier molecular flexibility index (Phi) is 5.67. The lowest BCUT2D eigenvalue weighted by Gasteiger charge is -2.20. The maximum Gasteiger partial charge on any atom is 0.254 e. The Morgan fingerprint density at radius 2 is 2.10 bits per heavy atom. The lowest BCUT2D eigenvalue weighted by atomic mass is 10.0. The first-order valence-corrected chi connectivity index (χ1v) is 10.1. The van der Waals surface area contributed by atoms with Gasteiger partial charge in [-0.2, -0.15) is 0 Å². The van der Waals surface area contributed by atoms with Crippen molar-refractivity contribution in [1.82, 2.24) is 9.55 Å². The summed E-state index contributed by atoms with van der Waals surface area (Å²) >= 11 is 0. The van der Waals surface area contributed by atoms with Gasteiger partial charge in [0.25, 0.3) is 5.56 Å². The van der Waals surface area contributed by atoms with Gasteiger partial charge in [-0.3, -0.25) is 9.78 Å². The molecule has 2 heterocycles. The zero-order valence-corrected chi connectivity index (χ0v) is 17.1. The lowest BCUT2D eigenvalue weighted by molar-refractivity contribution is 0.303. The molecule has 1 aliphatic rings. The van der Waals surface area contributed by atoms with Crippen molar-refractivity contribution in [2.45, 2.75) is 39.3 Å². The van der Waals surface area contributed by atoms with Gasteiger partial charge in [0.1, 0.15) is 18.2 Å². The van der Waals surface area contributed by atoms with Gasteiger partial charge in [-0.05, 0) is 56.5 Å². The summed E-state index contributed by atoms with van der Waals surface area (Å²) in [6.07, 6.45) is 5.64. The van der Waals surface area contributed by atoms with E-state index in [0.717, 1.165) is 29.7 Å². The molecule has 5 heteroatoms. The van der Waals surface area contributed by atoms with Gasteiger partial charge in [-0.15, -0.1) is 0 Å². The predicted octanol–water partition coefficient (Wildman–Crippen LogP) is 4.64. The van der Waals surface area contributed by atoms with Crippen molar-refractivity contribution in [1.29, 1.82) is 0 Å². The van der Waals surface area contributed by atoms with Crippen molar-refractivity contribution in [2.75, 3.05) is 0 Å². The Morgan fingerprint density at radius 1 is 1.27 bits per heavy atom. The van der Waals surface area contributed by atoms with Crippen LogP contribution in [-0.4, -0.2) is 9.55 Å². The maximum absolute atomic E-state index is 14.5. The first-order valence-electron chi connectivity index (χ1n) is 10.1. The predicted molar refractivity (Wildman–Crippen MR) is 114 cm³/mol. The van der Waals surface area contributed by atoms with Gasteiger partial charge in [0.15, 0.2) is 0 Å². The molecule has 2 aromatic heterocycles. The second-order valence-corrected chi connectivity index (χ2v) is 7.65. The number of halogens is 1. The molecule has 1 saturated carbocycles. The van der Waals surface area contributed by atoms with Crippen LogP contribution in [0.4, 0.5) is 4.39 Å². The standard InChI is InChI=1S/C25H23FN2O2/c1-17-12-23(30-16-20-4-3-11-27-15-20)14-25(29)28(17)18(2)22-10-9-21(24(26)13-22)8-7-19-5-6-19/h3-4,9-15,18-19H,5-6,16H2,1-2H3/t18-/m1/s1. The maximum atomic E-state index is 14.5. The summed E-state index contributed by atoms with van der Waals surface area (Å²) in [5, 5.41) is 0. The number of pyridine rings is 2. The number of rotatable bonds is 5. The number of nitrogens with zero attached hydrogens (tertiary/aromatic N) is 2. The van der Waals surface area contributed by atoms with Crippen LogP contribution < -0.4 is 10.3 Å². The summed E-state index contributed by atoms with van der Waals surface area (Å²) in [5.74, 6) is 6.57. The van der Waals surface area contributed by atoms with Gasteiger partial charge in [-0.25, -0.2) is 4.39 Å². The number of benzene rings is 1. The highest BCUT2D eigenvalue weighted by molar-refractivity contribution is 5.39. The molecule has 0 N–H and O–H groups in total. The fourth-order valence-corrected chi connectivity index (χ4v) is 3.36. The largest absolute Gasteiger partial charge is 0.489 e. The van der Waals surface area contributed by atoms with Crippen LogP contribution in [0, 0.1) is 30.5 Å². The number of aryl methyl sites for hydroxylation is 1. The monoisotopic (exact) mass is 402 g/mol. The third-order valence-corrected chi connectivity index (χ3v) is 5.21. The molecule has 0 bridgehead atoms. The summed E-state index contributed by atoms with van der Waals surface area (Å²) in [6, 6.07) is 11.7. The van der Waals surface area contributed by atoms with Crippen LogP contribution in [0.2, 0.25) is 0 Å². The van der Waals surface area contributed by atoms with Crippen LogP contribution in [-0.2, 0) is 6.61 Å². The van der Waals surface area contributed by atoms with E-state index < -0.39 is 0 Å². The Balaban J connectivity index is 1.53. The summed E-state index contributed by atoms with van der Waals surface area (Å²) < 4.78 is 21.9. The van der Waals surface area contributed by atoms with Crippen LogP contribution in [0.5, 0.6) is 5.75 Å². The molecule has 3 aromatic rings. The number of aromatic nitrogens is 2. The summed E-state index contributed by atoms with van der Waals surface area (Å²) in [7, 11) is 0. The molecule has 4 nitrogen and oxygen atoms in total. The zero-order chi connectivity index (χ0) is 21.1. The first-order chi connectivity index (χ1) is 14.5. The van der Waals surface area contributed by atoms with Gasteiger partial charge in [0, 0.05) is 35.6 Å². The van der Waals surface area contributed by atoms with Crippen molar-refractivity contribution < 1.29 is 9.13 Å². The number of hydrogen-bond donors (Lipinski definition) is 0. The van der Waals surface area contributed by atoms with Gasteiger partial charge in [0.2, 0.25) is 0 Å². The molecule has 152 valence electrons. The van der Waals surface area contributed by atoms with Crippen molar-refractivity contribution in [3.63, 3.8) is 0 Å². The van der Waals surface area contributed by atoms with E-state index in [2.05, 4.69) is 16.8 Å². The number of ether oxygens (including phenoxy) is 1. The molecule has 1 aromatic carbocycles. The highest BCUT2D eigenvalue weighted by atomic mass is 19.1. The van der Waals surface area contributed by atoms with E-state index in [9.17, 15) is 9.18 Å². The minimum Gasteiger partial charge on any atom is -0.489 e. The van der Waals surface area contributed by atoms with E-state index in [-0.39, 0.29) is 17.4 Å². The SMILES string of the molecule is Cc1cc(OCc2cccnc2)cc(=O)n1[C@H](C)c1ccc(C#CC2CC2)c(F)c1. The Labute approximate surface area is 175 Å². The molecule has 0 radical (unpaired) electrons. The lowest BCUT2D eigenvalue weighted by Crippen LogP contribution is -2.25. The van der Waals surface area contributed by atoms with E-state index in [1.807, 2.05) is 38.1 Å². The van der Waals surface area contributed by atoms with Crippen LogP contribution in [0.25, 0.3) is 0 Å². The van der Waals surface area contributed by atoms with E-state index in [1.54, 1.807) is 23.0 Å². The minimum absolute atomic E-state index is 0.193. The zero-order valence-electron chi connectivity index (χ0n) is 17.1. The van der Waals surface area contributed by atoms with Gasteiger partial charge < -0.3 is 9.30 Å². The van der Waals surface area contributed by atoms with Crippen molar-refractivity contribution in [3.8, 4) is 17.6 Å². The summed E-state index contributed by atoms with van der Waals surface area (Å²) in [5.41, 5.74) is 2.60. The fraction of sp³-hybridized carbons (Fsp3) is 0.280. The van der Waals surface area contributed by atoms with E-state index in [1.165, 1.54) is 12.1 Å². The molecule has 30 heavy (non-hydrogen) atoms. The van der Waals surface area contributed by atoms with Crippen LogP contribution in [0.15, 0.2) is 59.7 Å². The normalized spacial score (nSPS) is 14.0. The molecule has 0 saturated heterocycles. The fourth-order valence-electron chi connectivity index (χ4n) is 3.36. The third kappa shape index (κ3) is 4.60. The van der Waals surface area contributed by atoms with Crippen LogP contribution >= 0.6 is 0 Å². The van der Waals surface area contributed by atoms with Crippen molar-refractivity contribution in [3.05, 3.63) is 93.4 Å². The molecular weight excluding hydrogens is 379 g/mol. The Morgan fingerprint density at radius 3 is 2.77 bits per heavy atom. The summed E-state index contributed by atoms with van der Waals surface area (Å²) in [4.78, 5) is 16.8. The van der Waals surface area contributed by atoms with Crippen LogP contribution in [0.1, 0.15) is 48.2 Å². The van der Waals surface area contributed by atoms with Gasteiger partial charge in [-0.1, -0.05) is 24.0 Å². The number of hydrogen-bond acceptors (Lipinski definition) is 3. The summed E-state index contributed by atoms with van der Waals surface area (Å²) in [6.45, 7) is 4.07. The molecule has 0 unspecified atom stereocenters. The highest BCUT2D eigenvalue weighted by Gasteiger charge is 2.18. The first kappa shape index (κ1) is 19.9. The van der Waals surface area contributed by atoms with E-state index >= 15 is 0 Å². The van der Waals surface area contributed by atoms with Gasteiger partial charge >= 0.3 is 0 Å². The third-order valence-electron chi connectivity index (χ3n) is 5.21. The van der Waals surface area contributed by atoms with Gasteiger partial charge in [0.05, 0.1) is 11.6 Å². The molecule has 1 aliphatic carbocycles. The average Bonchev–Trinajstić information content (AvgIpc) is 3.56. The smallest absolute Gasteiger partial charge is 0.254 e. The topological polar surface area (TPSA) is 44.1 Å². The van der Waals surface area contributed by atoms with Crippen molar-refractivity contribution in [2.24, 2.45) is 5.92 Å². The van der Waals surface area contributed by atoms with E-state index in [4.69, 9.17) is 4.74 Å². The quantitative estimate of drug-likeness (QED) is 0.584. The second-order valence-electron chi connectivity index (χ2n) is 7.65. The molecule has 1 atom stereocenters. The second kappa shape index (κ2) is 8.54. The van der Waals surface area contributed by atoms with Crippen LogP contribution in [0.3, 0.4) is 0 Å². The van der Waals surface area contributed by atoms with Crippen molar-refractivity contribution >= 4 is 0 Å². The average molecular weight is 402 g/mol. The molecule has 0 amide bonds. The Bertz CT molecular complexity index is 1170. The minimum atomic E-state index is -0.352. The molecular formula is C25H23FN2O2. The Hall–Kier alpha value is -3.39. The van der Waals surface area contributed by atoms with E-state index in [0.29, 0.717) is 23.8 Å². The molecule has 1 fully saturated rings.